The molecule has 0 bridgehead atoms. The highest BCUT2D eigenvalue weighted by Gasteiger charge is 2.18. The Morgan fingerprint density at radius 1 is 0.763 bits per heavy atom. The minimum absolute atomic E-state index is 0.271. The molecule has 0 radical (unpaired) electrons. The Labute approximate surface area is 228 Å². The van der Waals surface area contributed by atoms with E-state index in [1.54, 1.807) is 13.8 Å². The first-order valence-electron chi connectivity index (χ1n) is 13.8. The molecular weight excluding hydrogens is 480 g/mol. The maximum Gasteiger partial charge on any atom is 0.333 e. The number of esters is 2. The summed E-state index contributed by atoms with van der Waals surface area (Å²) in [5, 5.41) is 1.90. The lowest BCUT2D eigenvalue weighted by Crippen LogP contribution is -2.25. The number of carbonyl (C=O) groups excluding carboxylic acids is 2. The normalized spacial score (nSPS) is 12.4. The van der Waals surface area contributed by atoms with Crippen molar-refractivity contribution in [1.82, 2.24) is 0 Å². The third-order valence-electron chi connectivity index (χ3n) is 6.18. The van der Waals surface area contributed by atoms with Crippen LogP contribution in [-0.2, 0) is 19.1 Å². The fraction of sp³-hybridized carbons (Fsp3) is 0.500. The Kier molecular flexibility index (Phi) is 13.5. The number of hydrogen-bond donors (Lipinski definition) is 0. The Morgan fingerprint density at radius 3 is 1.84 bits per heavy atom. The Bertz CT molecular complexity index is 1070. The number of rotatable bonds is 18. The first kappa shape index (κ1) is 30.9. The second-order valence-corrected chi connectivity index (χ2v) is 9.87. The third kappa shape index (κ3) is 10.6. The van der Waals surface area contributed by atoms with Gasteiger partial charge >= 0.3 is 11.9 Å². The van der Waals surface area contributed by atoms with Crippen molar-refractivity contribution >= 4 is 22.7 Å². The highest BCUT2D eigenvalue weighted by molar-refractivity contribution is 5.89. The van der Waals surface area contributed by atoms with Crippen molar-refractivity contribution in [3.05, 3.63) is 60.7 Å². The second-order valence-electron chi connectivity index (χ2n) is 9.87. The van der Waals surface area contributed by atoms with Crippen molar-refractivity contribution < 1.29 is 28.5 Å². The van der Waals surface area contributed by atoms with E-state index in [9.17, 15) is 9.59 Å². The average Bonchev–Trinajstić information content (AvgIpc) is 2.89. The smallest absolute Gasteiger partial charge is 0.333 e. The maximum absolute atomic E-state index is 12.1. The molecule has 208 valence electrons. The van der Waals surface area contributed by atoms with E-state index in [2.05, 4.69) is 27.0 Å². The van der Waals surface area contributed by atoms with Crippen LogP contribution in [0.25, 0.3) is 10.8 Å². The van der Waals surface area contributed by atoms with Gasteiger partial charge in [-0.3, -0.25) is 0 Å². The molecule has 6 heteroatoms. The van der Waals surface area contributed by atoms with E-state index in [1.165, 1.54) is 0 Å². The topological polar surface area (TPSA) is 71.1 Å². The summed E-state index contributed by atoms with van der Waals surface area (Å²) in [5.41, 5.74) is 0.760. The van der Waals surface area contributed by atoms with Crippen LogP contribution >= 0.6 is 0 Å². The van der Waals surface area contributed by atoms with Crippen molar-refractivity contribution in [2.24, 2.45) is 0 Å². The zero-order chi connectivity index (χ0) is 27.9. The molecule has 2 atom stereocenters. The lowest BCUT2D eigenvalue weighted by Gasteiger charge is -2.20. The average molecular weight is 525 g/mol. The SMILES string of the molecule is C=C(C)C(=O)OC(CCCCC)COc1ccc2c(OCC(CCCCC)OC(=O)C(=C)C)cccc2c1. The first-order chi connectivity index (χ1) is 18.2. The number of fused-ring (bicyclic) bond motifs is 1. The van der Waals surface area contributed by atoms with Gasteiger partial charge in [-0.1, -0.05) is 64.8 Å². The highest BCUT2D eigenvalue weighted by Crippen LogP contribution is 2.29. The van der Waals surface area contributed by atoms with Crippen LogP contribution in [-0.4, -0.2) is 37.4 Å². The van der Waals surface area contributed by atoms with Gasteiger partial charge in [-0.05, 0) is 69.2 Å². The molecule has 0 spiro atoms. The summed E-state index contributed by atoms with van der Waals surface area (Å²) in [6.45, 7) is 15.5. The predicted molar refractivity (Wildman–Crippen MR) is 153 cm³/mol. The summed E-state index contributed by atoms with van der Waals surface area (Å²) in [4.78, 5) is 24.2. The van der Waals surface area contributed by atoms with Gasteiger partial charge in [-0.15, -0.1) is 0 Å². The van der Waals surface area contributed by atoms with Crippen molar-refractivity contribution in [2.75, 3.05) is 13.2 Å². The molecule has 0 aliphatic carbocycles. The van der Waals surface area contributed by atoms with Gasteiger partial charge in [0.1, 0.15) is 36.9 Å². The molecular formula is C32H44O6. The molecule has 0 saturated carbocycles. The van der Waals surface area contributed by atoms with Crippen LogP contribution < -0.4 is 9.47 Å². The van der Waals surface area contributed by atoms with Gasteiger partial charge in [0.25, 0.3) is 0 Å². The van der Waals surface area contributed by atoms with E-state index in [0.717, 1.165) is 62.1 Å². The zero-order valence-corrected chi connectivity index (χ0v) is 23.6. The van der Waals surface area contributed by atoms with Crippen LogP contribution in [0.5, 0.6) is 11.5 Å². The van der Waals surface area contributed by atoms with Gasteiger partial charge in [-0.2, -0.15) is 0 Å². The van der Waals surface area contributed by atoms with E-state index in [1.807, 2.05) is 36.4 Å². The van der Waals surface area contributed by atoms with Crippen molar-refractivity contribution in [3.63, 3.8) is 0 Å². The molecule has 0 aliphatic heterocycles. The minimum Gasteiger partial charge on any atom is -0.490 e. The highest BCUT2D eigenvalue weighted by atomic mass is 16.6. The van der Waals surface area contributed by atoms with Crippen molar-refractivity contribution in [3.8, 4) is 11.5 Å². The van der Waals surface area contributed by atoms with Gasteiger partial charge in [0, 0.05) is 16.5 Å². The molecule has 0 aliphatic rings. The minimum atomic E-state index is -0.392. The molecule has 2 rings (SSSR count). The number of benzene rings is 2. The van der Waals surface area contributed by atoms with Gasteiger partial charge in [0.05, 0.1) is 0 Å². The summed E-state index contributed by atoms with van der Waals surface area (Å²) in [6.07, 6.45) is 7.07. The molecule has 2 aromatic carbocycles. The standard InChI is InChI=1S/C32H44O6/c1-7-9-11-15-27(37-31(33)23(3)4)21-35-26-18-19-29-25(20-26)14-13-17-30(29)36-22-28(16-12-10-8-2)38-32(34)24(5)6/h13-14,17-20,27-28H,3,5,7-12,15-16,21-22H2,1-2,4,6H3. The summed E-state index contributed by atoms with van der Waals surface area (Å²) in [5.74, 6) is 0.622. The van der Waals surface area contributed by atoms with E-state index in [0.29, 0.717) is 22.6 Å². The van der Waals surface area contributed by atoms with E-state index >= 15 is 0 Å². The largest absolute Gasteiger partial charge is 0.490 e. The first-order valence-corrected chi connectivity index (χ1v) is 13.8. The van der Waals surface area contributed by atoms with Gasteiger partial charge in [0.2, 0.25) is 0 Å². The Morgan fingerprint density at radius 2 is 1.32 bits per heavy atom. The molecule has 0 amide bonds. The number of ether oxygens (including phenoxy) is 4. The van der Waals surface area contributed by atoms with Gasteiger partial charge in [0.15, 0.2) is 0 Å². The molecule has 2 unspecified atom stereocenters. The maximum atomic E-state index is 12.1. The van der Waals surface area contributed by atoms with E-state index in [-0.39, 0.29) is 25.4 Å². The van der Waals surface area contributed by atoms with Crippen LogP contribution in [0.2, 0.25) is 0 Å². The summed E-state index contributed by atoms with van der Waals surface area (Å²) < 4.78 is 23.4. The molecule has 0 saturated heterocycles. The van der Waals surface area contributed by atoms with E-state index < -0.39 is 11.9 Å². The number of unbranched alkanes of at least 4 members (excludes halogenated alkanes) is 4. The van der Waals surface area contributed by atoms with Crippen LogP contribution in [0.4, 0.5) is 0 Å². The predicted octanol–water partition coefficient (Wildman–Crippen LogP) is 7.73. The third-order valence-corrected chi connectivity index (χ3v) is 6.18. The summed E-state index contributed by atoms with van der Waals surface area (Å²) >= 11 is 0. The fourth-order valence-corrected chi connectivity index (χ4v) is 3.92. The lowest BCUT2D eigenvalue weighted by atomic mass is 10.1. The number of hydrogen-bond acceptors (Lipinski definition) is 6. The second kappa shape index (κ2) is 16.5. The summed E-state index contributed by atoms with van der Waals surface area (Å²) in [7, 11) is 0. The molecule has 0 heterocycles. The fourth-order valence-electron chi connectivity index (χ4n) is 3.92. The quantitative estimate of drug-likeness (QED) is 0.113. The Balaban J connectivity index is 2.08. The zero-order valence-electron chi connectivity index (χ0n) is 23.6. The van der Waals surface area contributed by atoms with Crippen molar-refractivity contribution in [1.29, 1.82) is 0 Å². The summed E-state index contributed by atoms with van der Waals surface area (Å²) in [6, 6.07) is 11.6. The molecule has 6 nitrogen and oxygen atoms in total. The Hall–Kier alpha value is -3.28. The van der Waals surface area contributed by atoms with Crippen LogP contribution in [0.3, 0.4) is 0 Å². The van der Waals surface area contributed by atoms with Gasteiger partial charge < -0.3 is 18.9 Å². The van der Waals surface area contributed by atoms with Crippen LogP contribution in [0, 0.1) is 0 Å². The van der Waals surface area contributed by atoms with Crippen molar-refractivity contribution in [2.45, 2.75) is 91.3 Å². The molecule has 0 fully saturated rings. The molecule has 38 heavy (non-hydrogen) atoms. The van der Waals surface area contributed by atoms with Crippen LogP contribution in [0.1, 0.15) is 79.1 Å². The monoisotopic (exact) mass is 524 g/mol. The lowest BCUT2D eigenvalue weighted by molar-refractivity contribution is -0.147. The molecule has 2 aromatic rings. The molecule has 0 aromatic heterocycles. The number of carbonyl (C=O) groups is 2. The van der Waals surface area contributed by atoms with Gasteiger partial charge in [-0.25, -0.2) is 9.59 Å². The van der Waals surface area contributed by atoms with Crippen LogP contribution in [0.15, 0.2) is 60.7 Å². The van der Waals surface area contributed by atoms with E-state index in [4.69, 9.17) is 18.9 Å². The molecule has 0 N–H and O–H groups in total.